The summed E-state index contributed by atoms with van der Waals surface area (Å²) in [5.74, 6) is 0.287. The molecule has 1 heterocycles. The normalized spacial score (nSPS) is 11.1. The van der Waals surface area contributed by atoms with Crippen LogP contribution in [0.1, 0.15) is 38.1 Å². The maximum Gasteiger partial charge on any atom is 0.262 e. The van der Waals surface area contributed by atoms with Crippen molar-refractivity contribution in [2.24, 2.45) is 5.92 Å². The quantitative estimate of drug-likeness (QED) is 0.634. The lowest BCUT2D eigenvalue weighted by atomic mass is 10.1. The van der Waals surface area contributed by atoms with Crippen LogP contribution in [0.5, 0.6) is 0 Å². The van der Waals surface area contributed by atoms with E-state index in [9.17, 15) is 9.59 Å². The number of thioether (sulfide) groups is 1. The summed E-state index contributed by atoms with van der Waals surface area (Å²) in [5.41, 5.74) is 0.794. The van der Waals surface area contributed by atoms with E-state index >= 15 is 0 Å². The van der Waals surface area contributed by atoms with Gasteiger partial charge in [0, 0.05) is 18.2 Å². The SMILES string of the molecule is CC(C)Cn1c(SCC#N)nc2cc(C(=O)NC(C)C)ccc2c1=O. The second-order valence-electron chi connectivity index (χ2n) is 6.51. The molecule has 0 bridgehead atoms. The maximum absolute atomic E-state index is 12.8. The molecule has 0 saturated heterocycles. The van der Waals surface area contributed by atoms with Gasteiger partial charge in [0.05, 0.1) is 22.7 Å². The third-order valence-corrected chi connectivity index (χ3v) is 4.26. The largest absolute Gasteiger partial charge is 0.350 e. The number of carbonyl (C=O) groups excluding carboxylic acids is 1. The number of amides is 1. The van der Waals surface area contributed by atoms with Crippen molar-refractivity contribution in [2.45, 2.75) is 45.4 Å². The van der Waals surface area contributed by atoms with Gasteiger partial charge >= 0.3 is 0 Å². The van der Waals surface area contributed by atoms with Crippen LogP contribution >= 0.6 is 11.8 Å². The summed E-state index contributed by atoms with van der Waals surface area (Å²) in [4.78, 5) is 29.6. The molecule has 1 aromatic heterocycles. The summed E-state index contributed by atoms with van der Waals surface area (Å²) in [5, 5.41) is 12.7. The fraction of sp³-hybridized carbons (Fsp3) is 0.444. The van der Waals surface area contributed by atoms with Gasteiger partial charge in [0.25, 0.3) is 11.5 Å². The molecule has 132 valence electrons. The molecule has 0 aliphatic carbocycles. The molecule has 0 spiro atoms. The zero-order valence-corrected chi connectivity index (χ0v) is 15.7. The Hall–Kier alpha value is -2.33. The van der Waals surface area contributed by atoms with Crippen molar-refractivity contribution < 1.29 is 4.79 Å². The molecule has 0 saturated carbocycles. The van der Waals surface area contributed by atoms with Gasteiger partial charge in [-0.05, 0) is 38.0 Å². The highest BCUT2D eigenvalue weighted by molar-refractivity contribution is 7.99. The van der Waals surface area contributed by atoms with Crippen molar-refractivity contribution in [3.05, 3.63) is 34.1 Å². The summed E-state index contributed by atoms with van der Waals surface area (Å²) < 4.78 is 1.61. The Bertz CT molecular complexity index is 881. The minimum absolute atomic E-state index is 0.0249. The molecule has 6 nitrogen and oxygen atoms in total. The van der Waals surface area contributed by atoms with E-state index in [2.05, 4.69) is 16.4 Å². The van der Waals surface area contributed by atoms with Gasteiger partial charge in [-0.2, -0.15) is 5.26 Å². The fourth-order valence-electron chi connectivity index (χ4n) is 2.42. The Morgan fingerprint density at radius 2 is 2.08 bits per heavy atom. The molecule has 1 amide bonds. The molecule has 0 radical (unpaired) electrons. The van der Waals surface area contributed by atoms with Crippen LogP contribution < -0.4 is 10.9 Å². The minimum Gasteiger partial charge on any atom is -0.350 e. The van der Waals surface area contributed by atoms with Gasteiger partial charge in [0.15, 0.2) is 5.16 Å². The average molecular weight is 358 g/mol. The lowest BCUT2D eigenvalue weighted by Crippen LogP contribution is -2.30. The van der Waals surface area contributed by atoms with Crippen molar-refractivity contribution in [3.8, 4) is 6.07 Å². The number of aromatic nitrogens is 2. The molecule has 0 aliphatic heterocycles. The van der Waals surface area contributed by atoms with Crippen LogP contribution in [0.4, 0.5) is 0 Å². The van der Waals surface area contributed by atoms with Gasteiger partial charge in [0.1, 0.15) is 0 Å². The third kappa shape index (κ3) is 4.60. The van der Waals surface area contributed by atoms with Gasteiger partial charge in [-0.3, -0.25) is 14.2 Å². The number of fused-ring (bicyclic) bond motifs is 1. The third-order valence-electron chi connectivity index (χ3n) is 3.42. The number of rotatable bonds is 6. The molecule has 0 unspecified atom stereocenters. The van der Waals surface area contributed by atoms with Crippen molar-refractivity contribution in [1.29, 1.82) is 5.26 Å². The van der Waals surface area contributed by atoms with E-state index < -0.39 is 0 Å². The highest BCUT2D eigenvalue weighted by Gasteiger charge is 2.15. The van der Waals surface area contributed by atoms with Gasteiger partial charge in [0.2, 0.25) is 0 Å². The van der Waals surface area contributed by atoms with Gasteiger partial charge < -0.3 is 5.32 Å². The monoisotopic (exact) mass is 358 g/mol. The summed E-state index contributed by atoms with van der Waals surface area (Å²) >= 11 is 1.23. The lowest BCUT2D eigenvalue weighted by Gasteiger charge is -2.14. The Labute approximate surface area is 151 Å². The first-order valence-corrected chi connectivity index (χ1v) is 9.17. The van der Waals surface area contributed by atoms with E-state index in [0.717, 1.165) is 0 Å². The Morgan fingerprint density at radius 1 is 1.36 bits per heavy atom. The van der Waals surface area contributed by atoms with Gasteiger partial charge in [-0.25, -0.2) is 4.98 Å². The Kier molecular flexibility index (Phi) is 6.21. The Balaban J connectivity index is 2.57. The number of hydrogen-bond acceptors (Lipinski definition) is 5. The van der Waals surface area contributed by atoms with E-state index in [1.807, 2.05) is 27.7 Å². The average Bonchev–Trinajstić information content (AvgIpc) is 2.54. The highest BCUT2D eigenvalue weighted by atomic mass is 32.2. The van der Waals surface area contributed by atoms with Crippen molar-refractivity contribution in [3.63, 3.8) is 0 Å². The molecule has 0 aliphatic rings. The van der Waals surface area contributed by atoms with Crippen molar-refractivity contribution >= 4 is 28.6 Å². The number of benzene rings is 1. The molecule has 1 N–H and O–H groups in total. The minimum atomic E-state index is -0.198. The zero-order chi connectivity index (χ0) is 18.6. The standard InChI is InChI=1S/C18H22N4O2S/c1-11(2)10-22-17(24)14-6-5-13(16(23)20-12(3)4)9-15(14)21-18(22)25-8-7-19/h5-6,9,11-12H,8,10H2,1-4H3,(H,20,23). The van der Waals surface area contributed by atoms with Gasteiger partial charge in [-0.1, -0.05) is 25.6 Å². The molecule has 0 atom stereocenters. The van der Waals surface area contributed by atoms with E-state index in [1.54, 1.807) is 22.8 Å². The number of nitrogens with zero attached hydrogens (tertiary/aromatic N) is 3. The molecule has 2 rings (SSSR count). The van der Waals surface area contributed by atoms with Crippen LogP contribution in [0, 0.1) is 17.2 Å². The number of nitrogens with one attached hydrogen (secondary N) is 1. The molecule has 2 aromatic rings. The molecule has 0 fully saturated rings. The number of hydrogen-bond donors (Lipinski definition) is 1. The highest BCUT2D eigenvalue weighted by Crippen LogP contribution is 2.19. The predicted octanol–water partition coefficient (Wildman–Crippen LogP) is 2.81. The number of nitriles is 1. The van der Waals surface area contributed by atoms with E-state index in [1.165, 1.54) is 11.8 Å². The fourth-order valence-corrected chi connectivity index (χ4v) is 3.09. The second-order valence-corrected chi connectivity index (χ2v) is 7.45. The smallest absolute Gasteiger partial charge is 0.262 e. The lowest BCUT2D eigenvalue weighted by molar-refractivity contribution is 0.0943. The molecule has 7 heteroatoms. The van der Waals surface area contributed by atoms with Crippen LogP contribution in [-0.4, -0.2) is 27.3 Å². The Morgan fingerprint density at radius 3 is 2.68 bits per heavy atom. The van der Waals surface area contributed by atoms with Crippen molar-refractivity contribution in [2.75, 3.05) is 5.75 Å². The first-order valence-electron chi connectivity index (χ1n) is 8.18. The molecule has 1 aromatic carbocycles. The maximum atomic E-state index is 12.8. The topological polar surface area (TPSA) is 87.8 Å². The summed E-state index contributed by atoms with van der Waals surface area (Å²) in [6.07, 6.45) is 0. The van der Waals surface area contributed by atoms with E-state index in [-0.39, 0.29) is 29.2 Å². The van der Waals surface area contributed by atoms with E-state index in [4.69, 9.17) is 5.26 Å². The van der Waals surface area contributed by atoms with E-state index in [0.29, 0.717) is 28.2 Å². The van der Waals surface area contributed by atoms with Gasteiger partial charge in [-0.15, -0.1) is 0 Å². The molecular weight excluding hydrogens is 336 g/mol. The predicted molar refractivity (Wildman–Crippen MR) is 99.8 cm³/mol. The van der Waals surface area contributed by atoms with Crippen LogP contribution in [0.15, 0.2) is 28.2 Å². The zero-order valence-electron chi connectivity index (χ0n) is 14.9. The summed E-state index contributed by atoms with van der Waals surface area (Å²) in [6.45, 7) is 8.35. The molecular formula is C18H22N4O2S. The first-order chi connectivity index (χ1) is 11.8. The number of carbonyl (C=O) groups is 1. The van der Waals surface area contributed by atoms with Crippen LogP contribution in [0.25, 0.3) is 10.9 Å². The summed E-state index contributed by atoms with van der Waals surface area (Å²) in [7, 11) is 0. The van der Waals surface area contributed by atoms with Crippen molar-refractivity contribution in [1.82, 2.24) is 14.9 Å². The van der Waals surface area contributed by atoms with Crippen LogP contribution in [0.3, 0.4) is 0 Å². The first kappa shape index (κ1) is 19.0. The second kappa shape index (κ2) is 8.17. The summed E-state index contributed by atoms with van der Waals surface area (Å²) in [6, 6.07) is 7.01. The van der Waals surface area contributed by atoms with Crippen LogP contribution in [-0.2, 0) is 6.54 Å². The van der Waals surface area contributed by atoms with Crippen LogP contribution in [0.2, 0.25) is 0 Å². The molecule has 25 heavy (non-hydrogen) atoms.